The summed E-state index contributed by atoms with van der Waals surface area (Å²) in [5.74, 6) is 0.837. The van der Waals surface area contributed by atoms with Crippen LogP contribution >= 0.6 is 12.6 Å². The number of hydrogen-bond donors (Lipinski definition) is 1. The van der Waals surface area contributed by atoms with Crippen LogP contribution in [0.1, 0.15) is 51.9 Å². The number of esters is 1. The van der Waals surface area contributed by atoms with E-state index in [0.717, 1.165) is 57.5 Å². The van der Waals surface area contributed by atoms with Crippen LogP contribution < -0.4 is 0 Å². The summed E-state index contributed by atoms with van der Waals surface area (Å²) in [5.41, 5.74) is 0. The van der Waals surface area contributed by atoms with Crippen LogP contribution in [-0.2, 0) is 14.3 Å². The van der Waals surface area contributed by atoms with Crippen LogP contribution in [0.5, 0.6) is 0 Å². The Bertz CT molecular complexity index is 174. The zero-order chi connectivity index (χ0) is 12.8. The molecular weight excluding hydrogens is 236 g/mol. The number of hydrogen-bond acceptors (Lipinski definition) is 4. The normalized spacial score (nSPS) is 10.5. The molecule has 102 valence electrons. The van der Waals surface area contributed by atoms with Crippen LogP contribution in [0.3, 0.4) is 0 Å². The van der Waals surface area contributed by atoms with Crippen LogP contribution in [0, 0.1) is 0 Å². The molecule has 0 atom stereocenters. The van der Waals surface area contributed by atoms with E-state index in [1.54, 1.807) is 0 Å². The van der Waals surface area contributed by atoms with Gasteiger partial charge in [-0.3, -0.25) is 4.79 Å². The maximum absolute atomic E-state index is 11.3. The molecule has 0 saturated carbocycles. The van der Waals surface area contributed by atoms with Crippen molar-refractivity contribution in [1.29, 1.82) is 0 Å². The van der Waals surface area contributed by atoms with Crippen LogP contribution in [0.25, 0.3) is 0 Å². The Morgan fingerprint density at radius 2 is 1.71 bits per heavy atom. The van der Waals surface area contributed by atoms with Crippen LogP contribution in [0.4, 0.5) is 0 Å². The van der Waals surface area contributed by atoms with E-state index < -0.39 is 0 Å². The maximum atomic E-state index is 11.3. The molecule has 0 aromatic rings. The van der Waals surface area contributed by atoms with Crippen LogP contribution in [-0.4, -0.2) is 31.5 Å². The van der Waals surface area contributed by atoms with Crippen LogP contribution in [0.15, 0.2) is 0 Å². The number of ether oxygens (including phenoxy) is 2. The number of rotatable bonds is 12. The maximum Gasteiger partial charge on any atom is 0.305 e. The molecule has 0 spiro atoms. The largest absolute Gasteiger partial charge is 0.466 e. The Morgan fingerprint density at radius 1 is 1.00 bits per heavy atom. The van der Waals surface area contributed by atoms with Crippen molar-refractivity contribution in [3.8, 4) is 0 Å². The number of carbonyl (C=O) groups excluding carboxylic acids is 1. The first kappa shape index (κ1) is 16.8. The van der Waals surface area contributed by atoms with E-state index in [4.69, 9.17) is 9.47 Å². The average molecular weight is 262 g/mol. The van der Waals surface area contributed by atoms with Crippen molar-refractivity contribution in [2.75, 3.05) is 25.6 Å². The molecule has 0 radical (unpaired) electrons. The number of thiol groups is 1. The second-order valence-electron chi connectivity index (χ2n) is 4.01. The highest BCUT2D eigenvalue weighted by Crippen LogP contribution is 2.03. The van der Waals surface area contributed by atoms with E-state index >= 15 is 0 Å². The molecule has 0 aromatic heterocycles. The second-order valence-corrected chi connectivity index (χ2v) is 4.46. The molecule has 0 aliphatic heterocycles. The molecule has 0 unspecified atom stereocenters. The van der Waals surface area contributed by atoms with Gasteiger partial charge in [-0.1, -0.05) is 6.42 Å². The van der Waals surface area contributed by atoms with Crippen molar-refractivity contribution in [2.45, 2.75) is 51.9 Å². The highest BCUT2D eigenvalue weighted by Gasteiger charge is 2.01. The molecule has 0 saturated heterocycles. The molecule has 0 aliphatic rings. The third-order valence-corrected chi connectivity index (χ3v) is 2.76. The standard InChI is InChI=1S/C13H26O3S/c1-2-15-10-6-4-7-11-16-13(14)9-5-3-8-12-17/h17H,2-12H2,1H3. The molecule has 17 heavy (non-hydrogen) atoms. The molecule has 0 bridgehead atoms. The number of unbranched alkanes of at least 4 members (excludes halogenated alkanes) is 4. The Balaban J connectivity index is 3.11. The summed E-state index contributed by atoms with van der Waals surface area (Å²) in [5, 5.41) is 0. The number of carbonyl (C=O) groups is 1. The van der Waals surface area contributed by atoms with Gasteiger partial charge in [-0.05, 0) is 44.8 Å². The molecule has 0 aliphatic carbocycles. The van der Waals surface area contributed by atoms with Gasteiger partial charge >= 0.3 is 5.97 Å². The summed E-state index contributed by atoms with van der Waals surface area (Å²) in [6.45, 7) is 4.14. The monoisotopic (exact) mass is 262 g/mol. The Morgan fingerprint density at radius 3 is 2.41 bits per heavy atom. The fourth-order valence-corrected chi connectivity index (χ4v) is 1.67. The fraction of sp³-hybridized carbons (Fsp3) is 0.923. The zero-order valence-corrected chi connectivity index (χ0v) is 11.8. The van der Waals surface area contributed by atoms with Crippen molar-refractivity contribution < 1.29 is 14.3 Å². The lowest BCUT2D eigenvalue weighted by Crippen LogP contribution is -2.06. The van der Waals surface area contributed by atoms with Gasteiger partial charge in [-0.15, -0.1) is 0 Å². The lowest BCUT2D eigenvalue weighted by Gasteiger charge is -2.05. The van der Waals surface area contributed by atoms with Gasteiger partial charge in [-0.2, -0.15) is 12.6 Å². The molecule has 0 N–H and O–H groups in total. The smallest absolute Gasteiger partial charge is 0.305 e. The van der Waals surface area contributed by atoms with E-state index in [0.29, 0.717) is 13.0 Å². The van der Waals surface area contributed by atoms with Crippen molar-refractivity contribution >= 4 is 18.6 Å². The predicted octanol–water partition coefficient (Wildman–Crippen LogP) is 3.23. The Kier molecular flexibility index (Phi) is 13.7. The lowest BCUT2D eigenvalue weighted by molar-refractivity contribution is -0.143. The summed E-state index contributed by atoms with van der Waals surface area (Å²) in [6.07, 6.45) is 6.66. The fourth-order valence-electron chi connectivity index (χ4n) is 1.44. The summed E-state index contributed by atoms with van der Waals surface area (Å²) < 4.78 is 10.4. The first-order valence-electron chi connectivity index (χ1n) is 6.65. The first-order chi connectivity index (χ1) is 8.31. The van der Waals surface area contributed by atoms with Gasteiger partial charge in [0.1, 0.15) is 0 Å². The first-order valence-corrected chi connectivity index (χ1v) is 7.28. The minimum absolute atomic E-state index is 0.0611. The molecule has 0 heterocycles. The highest BCUT2D eigenvalue weighted by atomic mass is 32.1. The van der Waals surface area contributed by atoms with Gasteiger partial charge < -0.3 is 9.47 Å². The Hall–Kier alpha value is -0.220. The summed E-state index contributed by atoms with van der Waals surface area (Å²) >= 11 is 4.12. The molecule has 0 fully saturated rings. The van der Waals surface area contributed by atoms with Gasteiger partial charge in [0, 0.05) is 19.6 Å². The van der Waals surface area contributed by atoms with E-state index in [2.05, 4.69) is 12.6 Å². The lowest BCUT2D eigenvalue weighted by atomic mass is 10.2. The zero-order valence-electron chi connectivity index (χ0n) is 11.0. The van der Waals surface area contributed by atoms with Gasteiger partial charge in [0.2, 0.25) is 0 Å². The van der Waals surface area contributed by atoms with Gasteiger partial charge in [0.15, 0.2) is 0 Å². The summed E-state index contributed by atoms with van der Waals surface area (Å²) in [4.78, 5) is 11.3. The van der Waals surface area contributed by atoms with E-state index in [-0.39, 0.29) is 5.97 Å². The van der Waals surface area contributed by atoms with Crippen molar-refractivity contribution in [3.05, 3.63) is 0 Å². The molecule has 4 heteroatoms. The second kappa shape index (κ2) is 13.8. The quantitative estimate of drug-likeness (QED) is 0.333. The topological polar surface area (TPSA) is 35.5 Å². The summed E-state index contributed by atoms with van der Waals surface area (Å²) in [7, 11) is 0. The van der Waals surface area contributed by atoms with Gasteiger partial charge in [0.05, 0.1) is 6.61 Å². The van der Waals surface area contributed by atoms with Gasteiger partial charge in [-0.25, -0.2) is 0 Å². The van der Waals surface area contributed by atoms with Crippen LogP contribution in [0.2, 0.25) is 0 Å². The minimum atomic E-state index is -0.0611. The Labute approximate surface area is 111 Å². The van der Waals surface area contributed by atoms with Gasteiger partial charge in [0.25, 0.3) is 0 Å². The average Bonchev–Trinajstić information content (AvgIpc) is 2.33. The van der Waals surface area contributed by atoms with Crippen molar-refractivity contribution in [3.63, 3.8) is 0 Å². The third-order valence-electron chi connectivity index (χ3n) is 2.44. The summed E-state index contributed by atoms with van der Waals surface area (Å²) in [6, 6.07) is 0. The molecule has 0 amide bonds. The molecule has 0 rings (SSSR count). The highest BCUT2D eigenvalue weighted by molar-refractivity contribution is 7.80. The minimum Gasteiger partial charge on any atom is -0.466 e. The molecule has 3 nitrogen and oxygen atoms in total. The third kappa shape index (κ3) is 13.7. The van der Waals surface area contributed by atoms with E-state index in [9.17, 15) is 4.79 Å². The van der Waals surface area contributed by atoms with Crippen molar-refractivity contribution in [2.24, 2.45) is 0 Å². The van der Waals surface area contributed by atoms with Crippen molar-refractivity contribution in [1.82, 2.24) is 0 Å². The molecular formula is C13H26O3S. The van der Waals surface area contributed by atoms with E-state index in [1.807, 2.05) is 6.92 Å². The van der Waals surface area contributed by atoms with E-state index in [1.165, 1.54) is 0 Å². The SMILES string of the molecule is CCOCCCCCOC(=O)CCCCCS. The molecule has 0 aromatic carbocycles. The predicted molar refractivity (Wildman–Crippen MR) is 73.6 cm³/mol.